The van der Waals surface area contributed by atoms with Crippen molar-refractivity contribution in [2.45, 2.75) is 6.61 Å². The van der Waals surface area contributed by atoms with Crippen molar-refractivity contribution in [3.05, 3.63) is 44.4 Å². The number of thiazole rings is 1. The summed E-state index contributed by atoms with van der Waals surface area (Å²) < 4.78 is 10.8. The van der Waals surface area contributed by atoms with Gasteiger partial charge in [-0.2, -0.15) is 0 Å². The Morgan fingerprint density at radius 1 is 1.46 bits per heavy atom. The molecule has 2 heterocycles. The van der Waals surface area contributed by atoms with Crippen molar-refractivity contribution in [1.29, 1.82) is 0 Å². The highest BCUT2D eigenvalue weighted by Crippen LogP contribution is 2.35. The summed E-state index contributed by atoms with van der Waals surface area (Å²) in [5.41, 5.74) is 1.99. The summed E-state index contributed by atoms with van der Waals surface area (Å²) in [6.07, 6.45) is 0. The molecule has 1 saturated heterocycles. The molecule has 0 atom stereocenters. The van der Waals surface area contributed by atoms with Crippen molar-refractivity contribution >= 4 is 22.9 Å². The predicted molar refractivity (Wildman–Crippen MR) is 94.8 cm³/mol. The Hall–Kier alpha value is -2.72. The van der Waals surface area contributed by atoms with Crippen molar-refractivity contribution in [2.24, 2.45) is 5.92 Å². The third-order valence-corrected chi connectivity index (χ3v) is 4.63. The van der Waals surface area contributed by atoms with Crippen LogP contribution in [0.2, 0.25) is 0 Å². The molecule has 1 aromatic heterocycles. The quantitative estimate of drug-likeness (QED) is 0.529. The van der Waals surface area contributed by atoms with Gasteiger partial charge in [0.25, 0.3) is 11.6 Å². The highest BCUT2D eigenvalue weighted by Gasteiger charge is 2.26. The Morgan fingerprint density at radius 2 is 2.27 bits per heavy atom. The third kappa shape index (κ3) is 4.09. The molecule has 26 heavy (non-hydrogen) atoms. The second kappa shape index (κ2) is 8.11. The molecule has 0 unspecified atom stereocenters. The number of nitro groups is 1. The lowest BCUT2D eigenvalue weighted by atomic mass is 10.0. The van der Waals surface area contributed by atoms with E-state index in [4.69, 9.17) is 9.47 Å². The number of amides is 1. The maximum Gasteiger partial charge on any atom is 0.286 e. The summed E-state index contributed by atoms with van der Waals surface area (Å²) in [6, 6.07) is 2.55. The number of benzene rings is 1. The lowest BCUT2D eigenvalue weighted by Gasteiger charge is -2.27. The first-order valence-electron chi connectivity index (χ1n) is 7.93. The van der Waals surface area contributed by atoms with E-state index in [-0.39, 0.29) is 29.4 Å². The van der Waals surface area contributed by atoms with Crippen LogP contribution in [0.5, 0.6) is 11.5 Å². The Kier molecular flexibility index (Phi) is 5.64. The predicted octanol–water partition coefficient (Wildman–Crippen LogP) is 1.59. The van der Waals surface area contributed by atoms with Crippen LogP contribution in [0.3, 0.4) is 0 Å². The van der Waals surface area contributed by atoms with Crippen molar-refractivity contribution in [3.63, 3.8) is 0 Å². The van der Waals surface area contributed by atoms with Gasteiger partial charge in [-0.05, 0) is 0 Å². The van der Waals surface area contributed by atoms with E-state index in [1.807, 2.05) is 5.38 Å². The average molecular weight is 378 g/mol. The van der Waals surface area contributed by atoms with Gasteiger partial charge in [-0.25, -0.2) is 4.98 Å². The van der Waals surface area contributed by atoms with Gasteiger partial charge in [-0.3, -0.25) is 14.9 Å². The van der Waals surface area contributed by atoms with Crippen LogP contribution in [0.15, 0.2) is 23.0 Å². The van der Waals surface area contributed by atoms with E-state index in [0.717, 1.165) is 13.1 Å². The van der Waals surface area contributed by atoms with Crippen LogP contribution in [0.4, 0.5) is 5.69 Å². The number of ether oxygens (including phenoxy) is 2. The van der Waals surface area contributed by atoms with Gasteiger partial charge in [0.05, 0.1) is 29.3 Å². The number of rotatable bonds is 8. The smallest absolute Gasteiger partial charge is 0.286 e. The summed E-state index contributed by atoms with van der Waals surface area (Å²) in [7, 11) is 1.42. The number of hydrogen-bond acceptors (Lipinski definition) is 8. The molecular weight excluding hydrogens is 360 g/mol. The summed E-state index contributed by atoms with van der Waals surface area (Å²) in [6.45, 7) is 2.27. The van der Waals surface area contributed by atoms with E-state index in [0.29, 0.717) is 18.2 Å². The molecule has 1 aliphatic rings. The molecule has 0 saturated carbocycles. The third-order valence-electron chi connectivity index (χ3n) is 4.00. The molecule has 0 radical (unpaired) electrons. The van der Waals surface area contributed by atoms with Crippen LogP contribution in [0.1, 0.15) is 16.1 Å². The first-order chi connectivity index (χ1) is 12.6. The molecule has 1 aromatic carbocycles. The van der Waals surface area contributed by atoms with Crippen LogP contribution in [0, 0.1) is 16.0 Å². The minimum Gasteiger partial charge on any atom is -0.493 e. The largest absolute Gasteiger partial charge is 0.493 e. The first kappa shape index (κ1) is 18.1. The van der Waals surface area contributed by atoms with Crippen molar-refractivity contribution in [3.8, 4) is 11.5 Å². The first-order valence-corrected chi connectivity index (χ1v) is 8.88. The molecular formula is C16H18N4O5S. The highest BCUT2D eigenvalue weighted by atomic mass is 32.1. The monoisotopic (exact) mass is 378 g/mol. The Labute approximate surface area is 153 Å². The fraction of sp³-hybridized carbons (Fsp3) is 0.375. The fourth-order valence-electron chi connectivity index (χ4n) is 2.44. The standard InChI is InChI=1S/C16H18N4O5S/c1-24-14-2-12(16(21)18-6-10-4-17-5-10)13(20(22)23)3-15(14)25-7-11-8-26-9-19-11/h2-3,8-10,17H,4-7H2,1H3,(H,18,21). The van der Waals surface area contributed by atoms with E-state index in [9.17, 15) is 14.9 Å². The van der Waals surface area contributed by atoms with E-state index in [2.05, 4.69) is 15.6 Å². The van der Waals surface area contributed by atoms with E-state index in [1.165, 1.54) is 30.6 Å². The average Bonchev–Trinajstić information content (AvgIpc) is 3.11. The summed E-state index contributed by atoms with van der Waals surface area (Å²) in [5.74, 6) is 0.279. The molecule has 1 aliphatic heterocycles. The van der Waals surface area contributed by atoms with Gasteiger partial charge in [0.2, 0.25) is 0 Å². The van der Waals surface area contributed by atoms with E-state index >= 15 is 0 Å². The summed E-state index contributed by atoms with van der Waals surface area (Å²) >= 11 is 1.43. The van der Waals surface area contributed by atoms with Crippen LogP contribution < -0.4 is 20.1 Å². The zero-order valence-corrected chi connectivity index (χ0v) is 14.9. The number of nitro benzene ring substituents is 1. The van der Waals surface area contributed by atoms with Crippen LogP contribution in [0.25, 0.3) is 0 Å². The van der Waals surface area contributed by atoms with Gasteiger partial charge < -0.3 is 20.1 Å². The molecule has 9 nitrogen and oxygen atoms in total. The summed E-state index contributed by atoms with van der Waals surface area (Å²) in [5, 5.41) is 19.1. The SMILES string of the molecule is COc1cc(C(=O)NCC2CNC2)c([N+](=O)[O-])cc1OCc1cscn1. The number of carbonyl (C=O) groups excluding carboxylic acids is 1. The molecule has 138 valence electrons. The molecule has 10 heteroatoms. The molecule has 0 bridgehead atoms. The normalized spacial score (nSPS) is 13.7. The van der Waals surface area contributed by atoms with Gasteiger partial charge in [-0.15, -0.1) is 11.3 Å². The fourth-order valence-corrected chi connectivity index (χ4v) is 2.98. The molecule has 3 rings (SSSR count). The number of hydrogen-bond donors (Lipinski definition) is 2. The number of nitrogens with one attached hydrogen (secondary N) is 2. The van der Waals surface area contributed by atoms with Crippen molar-refractivity contribution in [2.75, 3.05) is 26.7 Å². The van der Waals surface area contributed by atoms with Gasteiger partial charge >= 0.3 is 0 Å². The molecule has 2 aromatic rings. The van der Waals surface area contributed by atoms with Gasteiger partial charge in [0.1, 0.15) is 12.2 Å². The second-order valence-electron chi connectivity index (χ2n) is 5.78. The zero-order chi connectivity index (χ0) is 18.5. The Morgan fingerprint density at radius 3 is 2.85 bits per heavy atom. The van der Waals surface area contributed by atoms with Crippen molar-refractivity contribution in [1.82, 2.24) is 15.6 Å². The van der Waals surface area contributed by atoms with Gasteiger partial charge in [0, 0.05) is 37.0 Å². The molecule has 1 fully saturated rings. The van der Waals surface area contributed by atoms with Crippen molar-refractivity contribution < 1.29 is 19.2 Å². The lowest BCUT2D eigenvalue weighted by molar-refractivity contribution is -0.385. The zero-order valence-electron chi connectivity index (χ0n) is 14.1. The summed E-state index contributed by atoms with van der Waals surface area (Å²) in [4.78, 5) is 27.3. The Balaban J connectivity index is 1.81. The van der Waals surface area contributed by atoms with Gasteiger partial charge in [-0.1, -0.05) is 0 Å². The molecule has 2 N–H and O–H groups in total. The van der Waals surface area contributed by atoms with Crippen LogP contribution in [-0.2, 0) is 6.61 Å². The Bertz CT molecular complexity index is 792. The lowest BCUT2D eigenvalue weighted by Crippen LogP contribution is -2.48. The highest BCUT2D eigenvalue weighted by molar-refractivity contribution is 7.07. The molecule has 0 aliphatic carbocycles. The number of methoxy groups -OCH3 is 1. The maximum atomic E-state index is 12.4. The van der Waals surface area contributed by atoms with Gasteiger partial charge in [0.15, 0.2) is 11.5 Å². The van der Waals surface area contributed by atoms with E-state index in [1.54, 1.807) is 5.51 Å². The minimum atomic E-state index is -0.602. The van der Waals surface area contributed by atoms with Crippen LogP contribution in [-0.4, -0.2) is 42.6 Å². The van der Waals surface area contributed by atoms with E-state index < -0.39 is 10.8 Å². The molecule has 0 spiro atoms. The number of aromatic nitrogens is 1. The topological polar surface area (TPSA) is 116 Å². The van der Waals surface area contributed by atoms with Crippen LogP contribution >= 0.6 is 11.3 Å². The molecule has 1 amide bonds. The number of carbonyl (C=O) groups is 1. The minimum absolute atomic E-state index is 0.0554. The maximum absolute atomic E-state index is 12.4. The number of nitrogens with zero attached hydrogens (tertiary/aromatic N) is 2. The second-order valence-corrected chi connectivity index (χ2v) is 6.50.